The first kappa shape index (κ1) is 18.0. The molecule has 3 nitrogen and oxygen atoms in total. The van der Waals surface area contributed by atoms with E-state index in [-0.39, 0.29) is 5.41 Å². The first-order valence-electron chi connectivity index (χ1n) is 7.21. The van der Waals surface area contributed by atoms with E-state index in [9.17, 15) is 0 Å². The summed E-state index contributed by atoms with van der Waals surface area (Å²) in [5.41, 5.74) is -0.244. The molecule has 24 heavy (non-hydrogen) atoms. The second-order valence-corrected chi connectivity index (χ2v) is 7.41. The highest BCUT2D eigenvalue weighted by molar-refractivity contribution is 6.36. The zero-order chi connectivity index (χ0) is 17.2. The van der Waals surface area contributed by atoms with Crippen molar-refractivity contribution in [1.82, 2.24) is 0 Å². The summed E-state index contributed by atoms with van der Waals surface area (Å²) >= 11 is 24.0. The molecule has 0 atom stereocenters. The smallest absolute Gasteiger partial charge is 0.138 e. The van der Waals surface area contributed by atoms with Gasteiger partial charge in [-0.2, -0.15) is 0 Å². The van der Waals surface area contributed by atoms with E-state index < -0.39 is 0 Å². The lowest BCUT2D eigenvalue weighted by molar-refractivity contribution is -0.148. The second-order valence-electron chi connectivity index (χ2n) is 5.72. The molecule has 0 N–H and O–H groups in total. The van der Waals surface area contributed by atoms with Crippen molar-refractivity contribution in [3.63, 3.8) is 0 Å². The van der Waals surface area contributed by atoms with Crippen LogP contribution in [0.1, 0.15) is 0 Å². The Labute approximate surface area is 160 Å². The monoisotopic (exact) mass is 406 g/mol. The van der Waals surface area contributed by atoms with Crippen molar-refractivity contribution in [2.45, 2.75) is 0 Å². The largest absolute Gasteiger partial charge is 0.491 e. The van der Waals surface area contributed by atoms with E-state index in [4.69, 9.17) is 60.6 Å². The Morgan fingerprint density at radius 3 is 1.58 bits per heavy atom. The van der Waals surface area contributed by atoms with Crippen molar-refractivity contribution >= 4 is 46.4 Å². The van der Waals surface area contributed by atoms with Gasteiger partial charge in [-0.05, 0) is 36.4 Å². The van der Waals surface area contributed by atoms with Gasteiger partial charge in [-0.3, -0.25) is 0 Å². The van der Waals surface area contributed by atoms with Crippen LogP contribution in [-0.2, 0) is 4.74 Å². The van der Waals surface area contributed by atoms with Crippen LogP contribution in [-0.4, -0.2) is 26.4 Å². The third kappa shape index (κ3) is 4.22. The minimum atomic E-state index is -0.244. The van der Waals surface area contributed by atoms with Gasteiger partial charge in [0.25, 0.3) is 0 Å². The third-order valence-electron chi connectivity index (χ3n) is 3.67. The quantitative estimate of drug-likeness (QED) is 0.607. The fraction of sp³-hybridized carbons (Fsp3) is 0.294. The van der Waals surface area contributed by atoms with Gasteiger partial charge in [0.2, 0.25) is 0 Å². The van der Waals surface area contributed by atoms with Crippen LogP contribution >= 0.6 is 46.4 Å². The molecule has 1 heterocycles. The highest BCUT2D eigenvalue weighted by atomic mass is 35.5. The normalized spacial score (nSPS) is 15.7. The number of ether oxygens (including phenoxy) is 3. The van der Waals surface area contributed by atoms with Crippen molar-refractivity contribution in [3.05, 3.63) is 56.5 Å². The Morgan fingerprint density at radius 2 is 1.25 bits per heavy atom. The van der Waals surface area contributed by atoms with E-state index in [2.05, 4.69) is 0 Å². The van der Waals surface area contributed by atoms with Crippen LogP contribution in [0.4, 0.5) is 0 Å². The van der Waals surface area contributed by atoms with Gasteiger partial charge in [0.15, 0.2) is 0 Å². The van der Waals surface area contributed by atoms with Gasteiger partial charge in [0.05, 0.1) is 28.7 Å². The summed E-state index contributed by atoms with van der Waals surface area (Å²) in [4.78, 5) is 0. The van der Waals surface area contributed by atoms with E-state index in [0.717, 1.165) is 0 Å². The topological polar surface area (TPSA) is 27.7 Å². The molecule has 0 aromatic heterocycles. The Morgan fingerprint density at radius 1 is 0.792 bits per heavy atom. The zero-order valence-corrected chi connectivity index (χ0v) is 15.6. The molecule has 3 rings (SSSR count). The van der Waals surface area contributed by atoms with E-state index in [0.29, 0.717) is 58.0 Å². The number of halogens is 4. The number of benzene rings is 2. The first-order chi connectivity index (χ1) is 11.5. The minimum Gasteiger partial charge on any atom is -0.491 e. The van der Waals surface area contributed by atoms with E-state index in [1.165, 1.54) is 0 Å². The summed E-state index contributed by atoms with van der Waals surface area (Å²) in [5, 5.41) is 2.07. The van der Waals surface area contributed by atoms with Gasteiger partial charge < -0.3 is 14.2 Å². The third-order valence-corrected chi connectivity index (χ3v) is 4.73. The number of rotatable bonds is 6. The molecule has 0 bridgehead atoms. The molecular weight excluding hydrogens is 394 g/mol. The summed E-state index contributed by atoms with van der Waals surface area (Å²) in [6.45, 7) is 1.92. The Hall–Kier alpha value is -0.840. The molecule has 0 unspecified atom stereocenters. The average molecular weight is 408 g/mol. The molecule has 1 aliphatic rings. The molecule has 0 radical (unpaired) electrons. The van der Waals surface area contributed by atoms with Gasteiger partial charge in [0.1, 0.15) is 24.7 Å². The Bertz CT molecular complexity index is 674. The summed E-state index contributed by atoms with van der Waals surface area (Å²) in [5.74, 6) is 1.16. The molecular formula is C17H14Cl4O3. The van der Waals surface area contributed by atoms with Crippen molar-refractivity contribution in [3.8, 4) is 11.5 Å². The lowest BCUT2D eigenvalue weighted by atomic mass is 9.88. The molecule has 0 amide bonds. The van der Waals surface area contributed by atoms with Crippen molar-refractivity contribution in [2.24, 2.45) is 5.41 Å². The second kappa shape index (κ2) is 7.59. The van der Waals surface area contributed by atoms with E-state index in [1.54, 1.807) is 36.4 Å². The molecule has 1 fully saturated rings. The van der Waals surface area contributed by atoms with Gasteiger partial charge in [0, 0.05) is 10.0 Å². The van der Waals surface area contributed by atoms with Crippen molar-refractivity contribution in [1.29, 1.82) is 0 Å². The lowest BCUT2D eigenvalue weighted by Gasteiger charge is -2.40. The molecule has 2 aromatic carbocycles. The summed E-state index contributed by atoms with van der Waals surface area (Å²) < 4.78 is 17.0. The van der Waals surface area contributed by atoms with Crippen LogP contribution in [0.25, 0.3) is 0 Å². The Kier molecular flexibility index (Phi) is 5.68. The van der Waals surface area contributed by atoms with Crippen LogP contribution < -0.4 is 9.47 Å². The molecule has 0 aliphatic carbocycles. The number of hydrogen-bond acceptors (Lipinski definition) is 3. The van der Waals surface area contributed by atoms with Gasteiger partial charge >= 0.3 is 0 Å². The maximum atomic E-state index is 6.13. The molecule has 1 aliphatic heterocycles. The van der Waals surface area contributed by atoms with Crippen LogP contribution in [0.3, 0.4) is 0 Å². The van der Waals surface area contributed by atoms with Gasteiger partial charge in [-0.1, -0.05) is 46.4 Å². The molecule has 7 heteroatoms. The number of hydrogen-bond donors (Lipinski definition) is 0. The maximum Gasteiger partial charge on any atom is 0.138 e. The predicted molar refractivity (Wildman–Crippen MR) is 97.2 cm³/mol. The van der Waals surface area contributed by atoms with Crippen molar-refractivity contribution < 1.29 is 14.2 Å². The van der Waals surface area contributed by atoms with Crippen LogP contribution in [0, 0.1) is 5.41 Å². The highest BCUT2D eigenvalue weighted by Crippen LogP contribution is 2.34. The molecule has 1 saturated heterocycles. The van der Waals surface area contributed by atoms with Gasteiger partial charge in [-0.15, -0.1) is 0 Å². The SMILES string of the molecule is Clc1ccc(OCC2(COc3ccc(Cl)cc3Cl)COC2)c(Cl)c1. The molecule has 128 valence electrons. The summed E-state index contributed by atoms with van der Waals surface area (Å²) in [6, 6.07) is 10.2. The van der Waals surface area contributed by atoms with Crippen LogP contribution in [0.5, 0.6) is 11.5 Å². The zero-order valence-electron chi connectivity index (χ0n) is 12.5. The fourth-order valence-electron chi connectivity index (χ4n) is 2.25. The van der Waals surface area contributed by atoms with Crippen LogP contribution in [0.15, 0.2) is 36.4 Å². The molecule has 2 aromatic rings. The summed E-state index contributed by atoms with van der Waals surface area (Å²) in [6.07, 6.45) is 0. The standard InChI is InChI=1S/C17H14Cl4O3/c18-11-1-3-15(13(20)5-11)23-9-17(7-22-8-17)10-24-16-4-2-12(19)6-14(16)21/h1-6H,7-10H2. The highest BCUT2D eigenvalue weighted by Gasteiger charge is 2.41. The average Bonchev–Trinajstić information content (AvgIpc) is 2.49. The fourth-order valence-corrected chi connectivity index (χ4v) is 3.17. The maximum absolute atomic E-state index is 6.13. The minimum absolute atomic E-state index is 0.244. The van der Waals surface area contributed by atoms with Crippen molar-refractivity contribution in [2.75, 3.05) is 26.4 Å². The lowest BCUT2D eigenvalue weighted by Crippen LogP contribution is -2.51. The van der Waals surface area contributed by atoms with E-state index >= 15 is 0 Å². The van der Waals surface area contributed by atoms with Crippen LogP contribution in [0.2, 0.25) is 20.1 Å². The predicted octanol–water partition coefficient (Wildman–Crippen LogP) is 5.77. The molecule has 0 spiro atoms. The van der Waals surface area contributed by atoms with E-state index in [1.807, 2.05) is 0 Å². The summed E-state index contributed by atoms with van der Waals surface area (Å²) in [7, 11) is 0. The van der Waals surface area contributed by atoms with Gasteiger partial charge in [-0.25, -0.2) is 0 Å². The molecule has 0 saturated carbocycles. The Balaban J connectivity index is 1.62. The first-order valence-corrected chi connectivity index (χ1v) is 8.72.